The molecular weight excluding hydrogens is 310 g/mol. The van der Waals surface area contributed by atoms with E-state index in [9.17, 15) is 4.39 Å². The van der Waals surface area contributed by atoms with Gasteiger partial charge >= 0.3 is 0 Å². The smallest absolute Gasteiger partial charge is 0.144 e. The molecule has 21 heavy (non-hydrogen) atoms. The Morgan fingerprint density at radius 3 is 2.62 bits per heavy atom. The zero-order valence-corrected chi connectivity index (χ0v) is 12.9. The van der Waals surface area contributed by atoms with Gasteiger partial charge in [0.25, 0.3) is 0 Å². The zero-order chi connectivity index (χ0) is 15.0. The Kier molecular flexibility index (Phi) is 3.87. The second-order valence-electron chi connectivity index (χ2n) is 4.87. The number of rotatable bonds is 3. The van der Waals surface area contributed by atoms with Crippen molar-refractivity contribution in [2.24, 2.45) is 0 Å². The van der Waals surface area contributed by atoms with E-state index >= 15 is 0 Å². The number of benzene rings is 2. The van der Waals surface area contributed by atoms with Gasteiger partial charge in [-0.05, 0) is 18.6 Å². The summed E-state index contributed by atoms with van der Waals surface area (Å²) >= 11 is 11.9. The van der Waals surface area contributed by atoms with Crippen LogP contribution in [0.4, 0.5) is 4.39 Å². The Bertz CT molecular complexity index is 784. The standard InChI is InChI=1S/C16H13Cl2FN2/c1-10(11-5-3-2-4-6-11)21-15-7-12(18)13(19)8-14(15)20-16(21)9-17/h2-8,10H,9H2,1H3. The lowest BCUT2D eigenvalue weighted by Crippen LogP contribution is -2.09. The summed E-state index contributed by atoms with van der Waals surface area (Å²) in [6, 6.07) is 13.0. The Labute approximate surface area is 132 Å². The maximum Gasteiger partial charge on any atom is 0.144 e. The fourth-order valence-electron chi connectivity index (χ4n) is 2.55. The van der Waals surface area contributed by atoms with E-state index in [1.54, 1.807) is 6.07 Å². The van der Waals surface area contributed by atoms with E-state index in [0.29, 0.717) is 11.3 Å². The SMILES string of the molecule is CC(c1ccccc1)n1c(CCl)nc2cc(F)c(Cl)cc21. The van der Waals surface area contributed by atoms with E-state index in [2.05, 4.69) is 11.9 Å². The first-order valence-corrected chi connectivity index (χ1v) is 7.50. The molecule has 3 rings (SSSR count). The summed E-state index contributed by atoms with van der Waals surface area (Å²) in [4.78, 5) is 4.41. The van der Waals surface area contributed by atoms with Crippen molar-refractivity contribution in [3.05, 3.63) is 64.7 Å². The largest absolute Gasteiger partial charge is 0.320 e. The molecule has 0 saturated heterocycles. The van der Waals surface area contributed by atoms with E-state index in [4.69, 9.17) is 23.2 Å². The van der Waals surface area contributed by atoms with E-state index in [1.165, 1.54) is 6.07 Å². The second kappa shape index (κ2) is 5.66. The average molecular weight is 323 g/mol. The molecule has 5 heteroatoms. The lowest BCUT2D eigenvalue weighted by Gasteiger charge is -2.17. The zero-order valence-electron chi connectivity index (χ0n) is 11.4. The molecule has 1 aromatic heterocycles. The van der Waals surface area contributed by atoms with Crippen LogP contribution in [0.15, 0.2) is 42.5 Å². The van der Waals surface area contributed by atoms with Gasteiger partial charge in [0.05, 0.1) is 28.0 Å². The van der Waals surface area contributed by atoms with Gasteiger partial charge in [0.15, 0.2) is 0 Å². The summed E-state index contributed by atoms with van der Waals surface area (Å²) < 4.78 is 15.6. The number of hydrogen-bond donors (Lipinski definition) is 0. The Morgan fingerprint density at radius 2 is 1.95 bits per heavy atom. The normalized spacial score (nSPS) is 12.8. The molecule has 3 aromatic rings. The quantitative estimate of drug-likeness (QED) is 0.608. The number of alkyl halides is 1. The summed E-state index contributed by atoms with van der Waals surface area (Å²) in [6.07, 6.45) is 0. The summed E-state index contributed by atoms with van der Waals surface area (Å²) in [5.41, 5.74) is 2.48. The van der Waals surface area contributed by atoms with Crippen LogP contribution in [0.25, 0.3) is 11.0 Å². The van der Waals surface area contributed by atoms with Gasteiger partial charge in [-0.15, -0.1) is 11.6 Å². The molecular formula is C16H13Cl2FN2. The van der Waals surface area contributed by atoms with E-state index in [1.807, 2.05) is 34.9 Å². The molecule has 0 N–H and O–H groups in total. The lowest BCUT2D eigenvalue weighted by molar-refractivity contribution is 0.626. The van der Waals surface area contributed by atoms with Gasteiger partial charge in [0, 0.05) is 6.07 Å². The van der Waals surface area contributed by atoms with Crippen LogP contribution in [0.2, 0.25) is 5.02 Å². The number of nitrogens with zero attached hydrogens (tertiary/aromatic N) is 2. The Balaban J connectivity index is 2.23. The predicted molar refractivity (Wildman–Crippen MR) is 84.5 cm³/mol. The summed E-state index contributed by atoms with van der Waals surface area (Å²) in [6.45, 7) is 2.06. The van der Waals surface area contributed by atoms with Crippen LogP contribution in [0.5, 0.6) is 0 Å². The molecule has 2 aromatic carbocycles. The van der Waals surface area contributed by atoms with Crippen LogP contribution in [-0.2, 0) is 5.88 Å². The minimum Gasteiger partial charge on any atom is -0.320 e. The highest BCUT2D eigenvalue weighted by Gasteiger charge is 2.18. The molecule has 1 heterocycles. The van der Waals surface area contributed by atoms with Crippen LogP contribution in [0, 0.1) is 5.82 Å². The summed E-state index contributed by atoms with van der Waals surface area (Å²) in [5.74, 6) is 0.484. The minimum absolute atomic E-state index is 0.0338. The third-order valence-electron chi connectivity index (χ3n) is 3.59. The maximum atomic E-state index is 13.6. The van der Waals surface area contributed by atoms with Crippen LogP contribution in [0.3, 0.4) is 0 Å². The fourth-order valence-corrected chi connectivity index (χ4v) is 2.89. The molecule has 0 aliphatic heterocycles. The van der Waals surface area contributed by atoms with Gasteiger partial charge < -0.3 is 4.57 Å². The fraction of sp³-hybridized carbons (Fsp3) is 0.188. The molecule has 0 saturated carbocycles. The van der Waals surface area contributed by atoms with Crippen molar-refractivity contribution in [1.29, 1.82) is 0 Å². The minimum atomic E-state index is -0.470. The third kappa shape index (κ3) is 2.52. The Morgan fingerprint density at radius 1 is 1.24 bits per heavy atom. The van der Waals surface area contributed by atoms with Crippen molar-refractivity contribution in [2.45, 2.75) is 18.8 Å². The third-order valence-corrected chi connectivity index (χ3v) is 4.12. The first kappa shape index (κ1) is 14.4. The summed E-state index contributed by atoms with van der Waals surface area (Å²) in [5, 5.41) is 0.0880. The molecule has 1 atom stereocenters. The van der Waals surface area contributed by atoms with Crippen molar-refractivity contribution in [3.63, 3.8) is 0 Å². The second-order valence-corrected chi connectivity index (χ2v) is 5.55. The Hall–Kier alpha value is -1.58. The average Bonchev–Trinajstić information content (AvgIpc) is 2.85. The van der Waals surface area contributed by atoms with Gasteiger partial charge in [-0.2, -0.15) is 0 Å². The van der Waals surface area contributed by atoms with Crippen molar-refractivity contribution in [1.82, 2.24) is 9.55 Å². The van der Waals surface area contributed by atoms with Crippen molar-refractivity contribution in [3.8, 4) is 0 Å². The highest BCUT2D eigenvalue weighted by Crippen LogP contribution is 2.29. The highest BCUT2D eigenvalue weighted by molar-refractivity contribution is 6.31. The molecule has 2 nitrogen and oxygen atoms in total. The molecule has 0 radical (unpaired) electrons. The number of aromatic nitrogens is 2. The van der Waals surface area contributed by atoms with Crippen molar-refractivity contribution in [2.75, 3.05) is 0 Å². The molecule has 0 fully saturated rings. The van der Waals surface area contributed by atoms with Gasteiger partial charge in [0.1, 0.15) is 11.6 Å². The first-order chi connectivity index (χ1) is 10.1. The van der Waals surface area contributed by atoms with Crippen molar-refractivity contribution < 1.29 is 4.39 Å². The van der Waals surface area contributed by atoms with Crippen molar-refractivity contribution >= 4 is 34.2 Å². The molecule has 0 spiro atoms. The molecule has 108 valence electrons. The van der Waals surface area contributed by atoms with Gasteiger partial charge in [-0.3, -0.25) is 0 Å². The van der Waals surface area contributed by atoms with E-state index in [-0.39, 0.29) is 16.9 Å². The first-order valence-electron chi connectivity index (χ1n) is 6.58. The topological polar surface area (TPSA) is 17.8 Å². The molecule has 1 unspecified atom stereocenters. The van der Waals surface area contributed by atoms with Gasteiger partial charge in [-0.25, -0.2) is 9.37 Å². The number of hydrogen-bond acceptors (Lipinski definition) is 1. The molecule has 0 bridgehead atoms. The predicted octanol–water partition coefficient (Wildman–Crippen LogP) is 5.18. The van der Waals surface area contributed by atoms with Gasteiger partial charge in [-0.1, -0.05) is 41.9 Å². The van der Waals surface area contributed by atoms with Crippen LogP contribution in [-0.4, -0.2) is 9.55 Å². The maximum absolute atomic E-state index is 13.6. The number of fused-ring (bicyclic) bond motifs is 1. The number of imidazole rings is 1. The van der Waals surface area contributed by atoms with Crippen LogP contribution < -0.4 is 0 Å². The molecule has 0 aliphatic rings. The number of halogens is 3. The molecule has 0 aliphatic carbocycles. The van der Waals surface area contributed by atoms with Crippen LogP contribution in [0.1, 0.15) is 24.4 Å². The monoisotopic (exact) mass is 322 g/mol. The van der Waals surface area contributed by atoms with E-state index in [0.717, 1.165) is 11.1 Å². The van der Waals surface area contributed by atoms with Gasteiger partial charge in [0.2, 0.25) is 0 Å². The molecule has 0 amide bonds. The van der Waals surface area contributed by atoms with Crippen LogP contribution >= 0.6 is 23.2 Å². The highest BCUT2D eigenvalue weighted by atomic mass is 35.5. The lowest BCUT2D eigenvalue weighted by atomic mass is 10.1. The summed E-state index contributed by atoms with van der Waals surface area (Å²) in [7, 11) is 0. The van der Waals surface area contributed by atoms with E-state index < -0.39 is 5.82 Å².